The molecule has 4 rings (SSSR count). The number of guanidine groups is 1. The van der Waals surface area contributed by atoms with Crippen molar-refractivity contribution in [1.82, 2.24) is 10.2 Å². The molecule has 0 saturated carbocycles. The van der Waals surface area contributed by atoms with E-state index in [0.717, 1.165) is 23.0 Å². The first-order chi connectivity index (χ1) is 12.4. The van der Waals surface area contributed by atoms with E-state index in [1.54, 1.807) is 0 Å². The van der Waals surface area contributed by atoms with Gasteiger partial charge in [0.15, 0.2) is 5.66 Å². The van der Waals surface area contributed by atoms with Crippen molar-refractivity contribution in [2.75, 3.05) is 10.6 Å². The van der Waals surface area contributed by atoms with Gasteiger partial charge in [0.2, 0.25) is 5.96 Å². The van der Waals surface area contributed by atoms with Crippen molar-refractivity contribution in [3.63, 3.8) is 0 Å². The molecule has 26 heavy (non-hydrogen) atoms. The number of fused-ring (bicyclic) bond motifs is 1. The molecule has 0 spiro atoms. The Kier molecular flexibility index (Phi) is 3.69. The van der Waals surface area contributed by atoms with E-state index in [4.69, 9.17) is 5.73 Å². The van der Waals surface area contributed by atoms with E-state index < -0.39 is 17.3 Å². The van der Waals surface area contributed by atoms with Gasteiger partial charge in [0, 0.05) is 28.7 Å². The number of benzene rings is 2. The van der Waals surface area contributed by atoms with Crippen LogP contribution in [0.4, 0.5) is 20.2 Å². The largest absolute Gasteiger partial charge is 0.326 e. The number of halogens is 2. The molecule has 1 atom stereocenters. The average molecular weight is 354 g/mol. The fourth-order valence-electron chi connectivity index (χ4n) is 2.95. The summed E-state index contributed by atoms with van der Waals surface area (Å²) in [5.74, 6) is -1.12. The molecule has 0 bridgehead atoms. The molecule has 3 aromatic rings. The van der Waals surface area contributed by atoms with E-state index in [9.17, 15) is 8.78 Å². The van der Waals surface area contributed by atoms with Crippen molar-refractivity contribution >= 4 is 17.3 Å². The number of nitrogens with two attached hydrogens (primary N) is 1. The average Bonchev–Trinajstić information content (AvgIpc) is 3.01. The predicted octanol–water partition coefficient (Wildman–Crippen LogP) is 3.05. The molecule has 6 nitrogen and oxygen atoms in total. The Balaban J connectivity index is 1.79. The molecule has 132 valence electrons. The monoisotopic (exact) mass is 354 g/mol. The van der Waals surface area contributed by atoms with Crippen molar-refractivity contribution in [1.29, 1.82) is 0 Å². The quantitative estimate of drug-likeness (QED) is 0.569. The van der Waals surface area contributed by atoms with Crippen molar-refractivity contribution in [2.45, 2.75) is 12.6 Å². The van der Waals surface area contributed by atoms with Crippen LogP contribution >= 0.6 is 0 Å². The van der Waals surface area contributed by atoms with Crippen LogP contribution in [0.25, 0.3) is 0 Å². The molecule has 1 aromatic heterocycles. The van der Waals surface area contributed by atoms with Gasteiger partial charge in [-0.15, -0.1) is 0 Å². The number of aromatic amines is 1. The number of nitrogens with zero attached hydrogens (tertiary/aromatic N) is 2. The number of hydrogen-bond acceptors (Lipinski definition) is 5. The molecule has 2 aromatic carbocycles. The fraction of sp³-hybridized carbons (Fsp3) is 0.111. The number of H-pyrrole nitrogens is 1. The molecule has 0 radical (unpaired) electrons. The number of para-hydroxylation sites is 1. The SMILES string of the molecule is Cc1cc(C2(N)N=C(Nc3cc(F)cc(F)c3)Nc3ccccc32)n[nH]1. The maximum atomic E-state index is 13.5. The van der Waals surface area contributed by atoms with Gasteiger partial charge in [-0.1, -0.05) is 18.2 Å². The van der Waals surface area contributed by atoms with Crippen LogP contribution in [0, 0.1) is 18.6 Å². The minimum Gasteiger partial charge on any atom is -0.326 e. The summed E-state index contributed by atoms with van der Waals surface area (Å²) in [5, 5.41) is 13.1. The predicted molar refractivity (Wildman–Crippen MR) is 95.8 cm³/mol. The third kappa shape index (κ3) is 2.80. The summed E-state index contributed by atoms with van der Waals surface area (Å²) in [5.41, 5.74) is 8.42. The lowest BCUT2D eigenvalue weighted by Gasteiger charge is -2.32. The van der Waals surface area contributed by atoms with E-state index in [1.807, 2.05) is 37.3 Å². The molecule has 0 fully saturated rings. The van der Waals surface area contributed by atoms with Gasteiger partial charge < -0.3 is 10.6 Å². The second kappa shape index (κ2) is 5.92. The number of anilines is 2. The van der Waals surface area contributed by atoms with E-state index in [1.165, 1.54) is 12.1 Å². The molecule has 1 unspecified atom stereocenters. The number of nitrogens with one attached hydrogen (secondary N) is 3. The Labute approximate surface area is 148 Å². The fourth-order valence-corrected chi connectivity index (χ4v) is 2.95. The summed E-state index contributed by atoms with van der Waals surface area (Å²) in [6, 6.07) is 12.4. The molecule has 0 saturated heterocycles. The van der Waals surface area contributed by atoms with E-state index in [-0.39, 0.29) is 11.6 Å². The molecular weight excluding hydrogens is 338 g/mol. The molecule has 5 N–H and O–H groups in total. The van der Waals surface area contributed by atoms with Crippen LogP contribution in [-0.4, -0.2) is 16.2 Å². The molecule has 0 amide bonds. The highest BCUT2D eigenvalue weighted by atomic mass is 19.1. The van der Waals surface area contributed by atoms with Crippen LogP contribution in [-0.2, 0) is 5.66 Å². The number of aliphatic imine (C=N–C) groups is 1. The molecule has 8 heteroatoms. The molecule has 1 aliphatic heterocycles. The van der Waals surface area contributed by atoms with Gasteiger partial charge in [-0.3, -0.25) is 10.8 Å². The van der Waals surface area contributed by atoms with Gasteiger partial charge in [-0.05, 0) is 31.2 Å². The number of aromatic nitrogens is 2. The Bertz CT molecular complexity index is 992. The highest BCUT2D eigenvalue weighted by Crippen LogP contribution is 2.36. The zero-order chi connectivity index (χ0) is 18.3. The first-order valence-electron chi connectivity index (χ1n) is 7.95. The first-order valence-corrected chi connectivity index (χ1v) is 7.95. The lowest BCUT2D eigenvalue weighted by Crippen LogP contribution is -2.44. The Morgan fingerprint density at radius 1 is 1.08 bits per heavy atom. The smallest absolute Gasteiger partial charge is 0.202 e. The Morgan fingerprint density at radius 3 is 2.50 bits per heavy atom. The van der Waals surface area contributed by atoms with E-state index in [0.29, 0.717) is 5.69 Å². The summed E-state index contributed by atoms with van der Waals surface area (Å²) < 4.78 is 26.9. The summed E-state index contributed by atoms with van der Waals surface area (Å²) >= 11 is 0. The lowest BCUT2D eigenvalue weighted by atomic mass is 9.94. The van der Waals surface area contributed by atoms with Crippen LogP contribution in [0.5, 0.6) is 0 Å². The minimum atomic E-state index is -1.25. The second-order valence-electron chi connectivity index (χ2n) is 6.12. The number of aryl methyl sites for hydroxylation is 1. The van der Waals surface area contributed by atoms with Crippen molar-refractivity contribution in [2.24, 2.45) is 10.7 Å². The van der Waals surface area contributed by atoms with Crippen LogP contribution in [0.3, 0.4) is 0 Å². The second-order valence-corrected chi connectivity index (χ2v) is 6.12. The van der Waals surface area contributed by atoms with E-state index in [2.05, 4.69) is 25.8 Å². The molecular formula is C18H16F2N6. The highest BCUT2D eigenvalue weighted by molar-refractivity contribution is 6.05. The van der Waals surface area contributed by atoms with E-state index >= 15 is 0 Å². The third-order valence-corrected chi connectivity index (χ3v) is 4.10. The lowest BCUT2D eigenvalue weighted by molar-refractivity contribution is 0.547. The molecule has 2 heterocycles. The van der Waals surface area contributed by atoms with Crippen LogP contribution in [0.2, 0.25) is 0 Å². The van der Waals surface area contributed by atoms with Gasteiger partial charge in [0.1, 0.15) is 17.3 Å². The third-order valence-electron chi connectivity index (χ3n) is 4.10. The standard InChI is InChI=1S/C18H16F2N6/c1-10-6-16(26-25-10)18(21)14-4-2-3-5-15(14)23-17(24-18)22-13-8-11(19)7-12(20)9-13/h2-9H,21H2,1H3,(H,25,26)(H2,22,23,24). The Hall–Kier alpha value is -3.26. The van der Waals surface area contributed by atoms with Crippen LogP contribution in [0.1, 0.15) is 17.0 Å². The van der Waals surface area contributed by atoms with Crippen molar-refractivity contribution in [3.8, 4) is 0 Å². The van der Waals surface area contributed by atoms with Gasteiger partial charge >= 0.3 is 0 Å². The van der Waals surface area contributed by atoms with Gasteiger partial charge in [0.05, 0.1) is 0 Å². The number of hydrogen-bond donors (Lipinski definition) is 4. The van der Waals surface area contributed by atoms with Crippen LogP contribution in [0.15, 0.2) is 53.5 Å². The number of rotatable bonds is 2. The maximum Gasteiger partial charge on any atom is 0.202 e. The summed E-state index contributed by atoms with van der Waals surface area (Å²) in [6.45, 7) is 1.87. The summed E-state index contributed by atoms with van der Waals surface area (Å²) in [7, 11) is 0. The summed E-state index contributed by atoms with van der Waals surface area (Å²) in [6.07, 6.45) is 0. The van der Waals surface area contributed by atoms with Crippen molar-refractivity contribution in [3.05, 3.63) is 77.1 Å². The minimum absolute atomic E-state index is 0.216. The topological polar surface area (TPSA) is 91.1 Å². The Morgan fingerprint density at radius 2 is 1.81 bits per heavy atom. The normalized spacial score (nSPS) is 18.7. The zero-order valence-electron chi connectivity index (χ0n) is 13.8. The maximum absolute atomic E-state index is 13.5. The highest BCUT2D eigenvalue weighted by Gasteiger charge is 2.37. The van der Waals surface area contributed by atoms with Gasteiger partial charge in [0.25, 0.3) is 0 Å². The van der Waals surface area contributed by atoms with Gasteiger partial charge in [-0.25, -0.2) is 13.8 Å². The van der Waals surface area contributed by atoms with Crippen LogP contribution < -0.4 is 16.4 Å². The summed E-state index contributed by atoms with van der Waals surface area (Å²) in [4.78, 5) is 4.54. The molecule has 0 aliphatic carbocycles. The first kappa shape index (κ1) is 16.2. The van der Waals surface area contributed by atoms with Crippen molar-refractivity contribution < 1.29 is 8.78 Å². The van der Waals surface area contributed by atoms with Gasteiger partial charge in [-0.2, -0.15) is 5.10 Å². The zero-order valence-corrected chi connectivity index (χ0v) is 13.8. The molecule has 1 aliphatic rings.